The van der Waals surface area contributed by atoms with Crippen molar-refractivity contribution in [2.75, 3.05) is 32.3 Å². The summed E-state index contributed by atoms with van der Waals surface area (Å²) in [6.45, 7) is 5.83. The first-order valence-electron chi connectivity index (χ1n) is 4.98. The summed E-state index contributed by atoms with van der Waals surface area (Å²) in [4.78, 5) is 19.7. The smallest absolute Gasteiger partial charge is 0.324 e. The molecule has 0 spiro atoms. The summed E-state index contributed by atoms with van der Waals surface area (Å²) in [5.74, 6) is 0. The zero-order valence-electron chi connectivity index (χ0n) is 8.52. The van der Waals surface area contributed by atoms with E-state index in [1.807, 2.05) is 0 Å². The Morgan fingerprint density at radius 1 is 1.57 bits per heavy atom. The van der Waals surface area contributed by atoms with Crippen molar-refractivity contribution >= 4 is 7.60 Å². The number of nitrogens with zero attached hydrogens (tertiary/aromatic N) is 1. The molecule has 0 aromatic heterocycles. The Balaban J connectivity index is 2.20. The van der Waals surface area contributed by atoms with Crippen LogP contribution >= 0.6 is 7.60 Å². The van der Waals surface area contributed by atoms with E-state index >= 15 is 0 Å². The lowest BCUT2D eigenvalue weighted by molar-refractivity contribution is 0.173. The SMILES string of the molecule is C[C@H]1CNCCN1CCCP(=O)(O)O. The lowest BCUT2D eigenvalue weighted by atomic mass is 10.2. The highest BCUT2D eigenvalue weighted by Crippen LogP contribution is 2.34. The number of hydrogen-bond donors (Lipinski definition) is 3. The van der Waals surface area contributed by atoms with E-state index in [2.05, 4.69) is 17.1 Å². The second-order valence-corrected chi connectivity index (χ2v) is 5.61. The van der Waals surface area contributed by atoms with Gasteiger partial charge < -0.3 is 15.1 Å². The van der Waals surface area contributed by atoms with Crippen LogP contribution in [0.1, 0.15) is 13.3 Å². The summed E-state index contributed by atoms with van der Waals surface area (Å²) in [6, 6.07) is 0.473. The Morgan fingerprint density at radius 3 is 2.86 bits per heavy atom. The van der Waals surface area contributed by atoms with Crippen molar-refractivity contribution in [1.82, 2.24) is 10.2 Å². The third kappa shape index (κ3) is 4.53. The zero-order chi connectivity index (χ0) is 10.6. The first kappa shape index (κ1) is 12.1. The molecule has 1 aliphatic heterocycles. The highest BCUT2D eigenvalue weighted by molar-refractivity contribution is 7.51. The van der Waals surface area contributed by atoms with Gasteiger partial charge in [0.1, 0.15) is 0 Å². The summed E-state index contributed by atoms with van der Waals surface area (Å²) in [6.07, 6.45) is 0.582. The van der Waals surface area contributed by atoms with E-state index in [0.29, 0.717) is 12.5 Å². The maximum absolute atomic E-state index is 10.6. The molecular formula is C8H19N2O3P. The fourth-order valence-electron chi connectivity index (χ4n) is 1.70. The van der Waals surface area contributed by atoms with Gasteiger partial charge >= 0.3 is 7.60 Å². The minimum atomic E-state index is -3.80. The van der Waals surface area contributed by atoms with Gasteiger partial charge in [-0.3, -0.25) is 9.46 Å². The van der Waals surface area contributed by atoms with Crippen LogP contribution in [0.4, 0.5) is 0 Å². The predicted octanol–water partition coefficient (Wildman–Crippen LogP) is -0.152. The second-order valence-electron chi connectivity index (χ2n) is 3.83. The molecule has 1 fully saturated rings. The topological polar surface area (TPSA) is 72.8 Å². The molecule has 0 aliphatic carbocycles. The average Bonchev–Trinajstić information content (AvgIpc) is 2.06. The first-order valence-corrected chi connectivity index (χ1v) is 6.78. The van der Waals surface area contributed by atoms with E-state index in [4.69, 9.17) is 9.79 Å². The molecule has 0 unspecified atom stereocenters. The molecule has 0 amide bonds. The van der Waals surface area contributed by atoms with Crippen molar-refractivity contribution in [2.45, 2.75) is 19.4 Å². The van der Waals surface area contributed by atoms with Gasteiger partial charge in [-0.15, -0.1) is 0 Å². The third-order valence-corrected chi connectivity index (χ3v) is 3.43. The Hall–Kier alpha value is 0.0700. The first-order chi connectivity index (χ1) is 6.49. The van der Waals surface area contributed by atoms with E-state index in [-0.39, 0.29) is 6.16 Å². The van der Waals surface area contributed by atoms with Crippen molar-refractivity contribution in [3.63, 3.8) is 0 Å². The van der Waals surface area contributed by atoms with Gasteiger partial charge in [-0.2, -0.15) is 0 Å². The van der Waals surface area contributed by atoms with E-state index in [1.54, 1.807) is 0 Å². The van der Waals surface area contributed by atoms with Crippen LogP contribution in [-0.2, 0) is 4.57 Å². The van der Waals surface area contributed by atoms with Gasteiger partial charge in [-0.25, -0.2) is 0 Å². The molecule has 0 radical (unpaired) electrons. The molecule has 84 valence electrons. The van der Waals surface area contributed by atoms with Crippen molar-refractivity contribution < 1.29 is 14.4 Å². The molecule has 6 heteroatoms. The van der Waals surface area contributed by atoms with Crippen molar-refractivity contribution in [3.8, 4) is 0 Å². The van der Waals surface area contributed by atoms with Crippen LogP contribution < -0.4 is 5.32 Å². The molecule has 1 atom stereocenters. The number of rotatable bonds is 4. The van der Waals surface area contributed by atoms with Crippen LogP contribution in [0.25, 0.3) is 0 Å². The fraction of sp³-hybridized carbons (Fsp3) is 1.00. The van der Waals surface area contributed by atoms with E-state index < -0.39 is 7.60 Å². The van der Waals surface area contributed by atoms with Gasteiger partial charge in [0.25, 0.3) is 0 Å². The maximum Gasteiger partial charge on any atom is 0.325 e. The Morgan fingerprint density at radius 2 is 2.29 bits per heavy atom. The molecule has 0 aromatic rings. The minimum absolute atomic E-state index is 0.00362. The van der Waals surface area contributed by atoms with Crippen molar-refractivity contribution in [3.05, 3.63) is 0 Å². The molecular weight excluding hydrogens is 203 g/mol. The molecule has 14 heavy (non-hydrogen) atoms. The van der Waals surface area contributed by atoms with Crippen LogP contribution in [0.3, 0.4) is 0 Å². The van der Waals surface area contributed by atoms with Gasteiger partial charge in [-0.05, 0) is 19.9 Å². The van der Waals surface area contributed by atoms with Crippen molar-refractivity contribution in [2.24, 2.45) is 0 Å². The van der Waals surface area contributed by atoms with E-state index in [1.165, 1.54) is 0 Å². The third-order valence-electron chi connectivity index (χ3n) is 2.53. The number of hydrogen-bond acceptors (Lipinski definition) is 3. The molecule has 3 N–H and O–H groups in total. The van der Waals surface area contributed by atoms with Crippen LogP contribution in [0.2, 0.25) is 0 Å². The summed E-state index contributed by atoms with van der Waals surface area (Å²) in [5, 5.41) is 3.28. The Labute approximate surface area is 84.6 Å². The van der Waals surface area contributed by atoms with Crippen LogP contribution in [-0.4, -0.2) is 53.1 Å². The largest absolute Gasteiger partial charge is 0.325 e. The van der Waals surface area contributed by atoms with Gasteiger partial charge in [0.05, 0.1) is 6.16 Å². The summed E-state index contributed by atoms with van der Waals surface area (Å²) >= 11 is 0. The number of nitrogens with one attached hydrogen (secondary N) is 1. The fourth-order valence-corrected chi connectivity index (χ4v) is 2.25. The summed E-state index contributed by atoms with van der Waals surface area (Å²) < 4.78 is 10.6. The van der Waals surface area contributed by atoms with Crippen molar-refractivity contribution in [1.29, 1.82) is 0 Å². The molecule has 1 saturated heterocycles. The monoisotopic (exact) mass is 222 g/mol. The molecule has 1 aliphatic rings. The summed E-state index contributed by atoms with van der Waals surface area (Å²) in [7, 11) is -3.80. The molecule has 5 nitrogen and oxygen atoms in total. The molecule has 0 saturated carbocycles. The average molecular weight is 222 g/mol. The zero-order valence-corrected chi connectivity index (χ0v) is 9.41. The van der Waals surface area contributed by atoms with E-state index in [9.17, 15) is 4.57 Å². The van der Waals surface area contributed by atoms with Gasteiger partial charge in [-0.1, -0.05) is 0 Å². The van der Waals surface area contributed by atoms with Crippen LogP contribution in [0.5, 0.6) is 0 Å². The normalized spacial score (nSPS) is 25.2. The molecule has 1 heterocycles. The summed E-state index contributed by atoms with van der Waals surface area (Å²) in [5.41, 5.74) is 0. The maximum atomic E-state index is 10.6. The predicted molar refractivity (Wildman–Crippen MR) is 55.4 cm³/mol. The quantitative estimate of drug-likeness (QED) is 0.577. The number of piperazine rings is 1. The van der Waals surface area contributed by atoms with Crippen LogP contribution in [0.15, 0.2) is 0 Å². The standard InChI is InChI=1S/C8H19N2O3P/c1-8-7-9-3-5-10(8)4-2-6-14(11,12)13/h8-9H,2-7H2,1H3,(H2,11,12,13)/t8-/m0/s1. The lowest BCUT2D eigenvalue weighted by Gasteiger charge is -2.33. The van der Waals surface area contributed by atoms with Gasteiger partial charge in [0, 0.05) is 25.7 Å². The Bertz CT molecular complexity index is 219. The highest BCUT2D eigenvalue weighted by Gasteiger charge is 2.19. The van der Waals surface area contributed by atoms with Gasteiger partial charge in [0.15, 0.2) is 0 Å². The minimum Gasteiger partial charge on any atom is -0.324 e. The van der Waals surface area contributed by atoms with Gasteiger partial charge in [0.2, 0.25) is 0 Å². The lowest BCUT2D eigenvalue weighted by Crippen LogP contribution is -2.50. The second kappa shape index (κ2) is 5.24. The molecule has 0 aromatic carbocycles. The molecule has 0 bridgehead atoms. The Kier molecular flexibility index (Phi) is 4.54. The highest BCUT2D eigenvalue weighted by atomic mass is 31.2. The van der Waals surface area contributed by atoms with E-state index in [0.717, 1.165) is 26.2 Å². The van der Waals surface area contributed by atoms with Crippen LogP contribution in [0, 0.1) is 0 Å². The molecule has 1 rings (SSSR count).